The lowest BCUT2D eigenvalue weighted by atomic mass is 10.1. The molecule has 2 rings (SSSR count). The summed E-state index contributed by atoms with van der Waals surface area (Å²) in [6.07, 6.45) is 4.18. The molecule has 1 amide bonds. The van der Waals surface area contributed by atoms with Crippen LogP contribution in [0.1, 0.15) is 49.9 Å². The van der Waals surface area contributed by atoms with E-state index in [1.165, 1.54) is 33.9 Å². The number of hydrogen-bond donors (Lipinski definition) is 1. The highest BCUT2D eigenvalue weighted by Gasteiger charge is 2.33. The Morgan fingerprint density at radius 3 is 2.55 bits per heavy atom. The summed E-state index contributed by atoms with van der Waals surface area (Å²) in [7, 11) is -5.69. The fourth-order valence-corrected chi connectivity index (χ4v) is 6.51. The van der Waals surface area contributed by atoms with E-state index in [0.717, 1.165) is 25.5 Å². The number of methoxy groups -OCH3 is 1. The third-order valence-electron chi connectivity index (χ3n) is 5.45. The van der Waals surface area contributed by atoms with Gasteiger partial charge >= 0.3 is 0 Å². The summed E-state index contributed by atoms with van der Waals surface area (Å²) in [6.45, 7) is 5.00. The van der Waals surface area contributed by atoms with E-state index in [1.807, 2.05) is 6.92 Å². The molecule has 1 fully saturated rings. The van der Waals surface area contributed by atoms with Crippen LogP contribution in [0.15, 0.2) is 23.1 Å². The molecule has 0 radical (unpaired) electrons. The lowest BCUT2D eigenvalue weighted by Gasteiger charge is -2.32. The molecule has 1 N–H and O–H groups in total. The third kappa shape index (κ3) is 6.41. The van der Waals surface area contributed by atoms with Crippen LogP contribution in [0.25, 0.3) is 0 Å². The Morgan fingerprint density at radius 1 is 1.26 bits per heavy atom. The Bertz CT molecular complexity index is 979. The molecule has 1 saturated heterocycles. The molecule has 1 aliphatic rings. The molecule has 0 aliphatic carbocycles. The highest BCUT2D eigenvalue weighted by atomic mass is 32.2. The zero-order chi connectivity index (χ0) is 23.2. The summed E-state index contributed by atoms with van der Waals surface area (Å²) >= 11 is 0. The second kappa shape index (κ2) is 10.8. The van der Waals surface area contributed by atoms with Gasteiger partial charge < -0.3 is 10.1 Å². The molecule has 1 unspecified atom stereocenters. The monoisotopic (exact) mass is 475 g/mol. The molecule has 0 spiro atoms. The number of piperidine rings is 1. The van der Waals surface area contributed by atoms with Crippen molar-refractivity contribution in [1.29, 1.82) is 0 Å². The molecule has 1 aliphatic heterocycles. The van der Waals surface area contributed by atoms with Gasteiger partial charge in [-0.2, -0.15) is 4.31 Å². The van der Waals surface area contributed by atoms with E-state index < -0.39 is 26.0 Å². The lowest BCUT2D eigenvalue weighted by molar-refractivity contribution is 0.0952. The average molecular weight is 476 g/mol. The standard InChI is InChI=1S/C20H33N3O6S2/c1-5-22(30(4,25)26)13-8-12-21-20(24)17-10-11-18(29-3)19(15-17)31(27,28)23-14-7-6-9-16(23)2/h10-11,15-16H,5-9,12-14H2,1-4H3,(H,21,24). The molecule has 0 bridgehead atoms. The van der Waals surface area contributed by atoms with Crippen molar-refractivity contribution < 1.29 is 26.4 Å². The van der Waals surface area contributed by atoms with Crippen molar-refractivity contribution in [2.45, 2.75) is 50.5 Å². The summed E-state index contributed by atoms with van der Waals surface area (Å²) in [4.78, 5) is 12.6. The fraction of sp³-hybridized carbons (Fsp3) is 0.650. The largest absolute Gasteiger partial charge is 0.495 e. The van der Waals surface area contributed by atoms with Crippen molar-refractivity contribution in [2.75, 3.05) is 39.5 Å². The fourth-order valence-electron chi connectivity index (χ4n) is 3.69. The second-order valence-electron chi connectivity index (χ2n) is 7.69. The number of amides is 1. The van der Waals surface area contributed by atoms with Crippen molar-refractivity contribution in [3.8, 4) is 5.75 Å². The number of ether oxygens (including phenoxy) is 1. The molecule has 1 aromatic rings. The zero-order valence-electron chi connectivity index (χ0n) is 18.6. The van der Waals surface area contributed by atoms with Gasteiger partial charge in [0.15, 0.2) is 0 Å². The molecule has 1 atom stereocenters. The second-order valence-corrected chi connectivity index (χ2v) is 11.5. The van der Waals surface area contributed by atoms with Crippen LogP contribution in [0, 0.1) is 0 Å². The van der Waals surface area contributed by atoms with Gasteiger partial charge in [0.2, 0.25) is 20.0 Å². The predicted molar refractivity (Wildman–Crippen MR) is 119 cm³/mol. The summed E-state index contributed by atoms with van der Waals surface area (Å²) in [5.41, 5.74) is 0.208. The van der Waals surface area contributed by atoms with Crippen LogP contribution in [0.3, 0.4) is 0 Å². The number of rotatable bonds is 10. The number of nitrogens with one attached hydrogen (secondary N) is 1. The first-order valence-corrected chi connectivity index (χ1v) is 13.7. The minimum absolute atomic E-state index is 0.0226. The van der Waals surface area contributed by atoms with Gasteiger partial charge in [-0.15, -0.1) is 0 Å². The first-order valence-electron chi connectivity index (χ1n) is 10.5. The summed E-state index contributed by atoms with van der Waals surface area (Å²) < 4.78 is 57.8. The number of carbonyl (C=O) groups excluding carboxylic acids is 1. The molecule has 31 heavy (non-hydrogen) atoms. The van der Waals surface area contributed by atoms with Gasteiger partial charge in [0.1, 0.15) is 10.6 Å². The van der Waals surface area contributed by atoms with E-state index in [9.17, 15) is 21.6 Å². The minimum Gasteiger partial charge on any atom is -0.495 e. The minimum atomic E-state index is -3.81. The quantitative estimate of drug-likeness (QED) is 0.515. The van der Waals surface area contributed by atoms with Crippen molar-refractivity contribution >= 4 is 26.0 Å². The van der Waals surface area contributed by atoms with E-state index in [1.54, 1.807) is 6.92 Å². The first kappa shape index (κ1) is 25.6. The number of sulfonamides is 2. The lowest BCUT2D eigenvalue weighted by Crippen LogP contribution is -2.42. The number of benzene rings is 1. The smallest absolute Gasteiger partial charge is 0.251 e. The van der Waals surface area contributed by atoms with Gasteiger partial charge in [-0.05, 0) is 44.4 Å². The van der Waals surface area contributed by atoms with Gasteiger partial charge in [0.25, 0.3) is 5.91 Å². The number of carbonyl (C=O) groups is 1. The molecular formula is C20H33N3O6S2. The molecule has 0 aromatic heterocycles. The van der Waals surface area contributed by atoms with E-state index in [0.29, 0.717) is 26.1 Å². The SMILES string of the molecule is CCN(CCCNC(=O)c1ccc(OC)c(S(=O)(=O)N2CCCCC2C)c1)S(C)(=O)=O. The first-order chi connectivity index (χ1) is 14.5. The van der Waals surface area contributed by atoms with E-state index >= 15 is 0 Å². The number of hydrogen-bond acceptors (Lipinski definition) is 6. The van der Waals surface area contributed by atoms with Crippen LogP contribution < -0.4 is 10.1 Å². The predicted octanol–water partition coefficient (Wildman–Crippen LogP) is 1.66. The van der Waals surface area contributed by atoms with Crippen molar-refractivity contribution in [2.24, 2.45) is 0 Å². The average Bonchev–Trinajstić information content (AvgIpc) is 2.72. The topological polar surface area (TPSA) is 113 Å². The molecule has 176 valence electrons. The summed E-state index contributed by atoms with van der Waals surface area (Å²) in [5.74, 6) is -0.228. The number of nitrogens with zero attached hydrogens (tertiary/aromatic N) is 2. The Balaban J connectivity index is 2.13. The van der Waals surface area contributed by atoms with Crippen LogP contribution in [-0.4, -0.2) is 76.9 Å². The molecule has 1 heterocycles. The van der Waals surface area contributed by atoms with E-state index in [4.69, 9.17) is 4.74 Å². The zero-order valence-corrected chi connectivity index (χ0v) is 20.3. The van der Waals surface area contributed by atoms with E-state index in [-0.39, 0.29) is 28.8 Å². The summed E-state index contributed by atoms with van der Waals surface area (Å²) in [5, 5.41) is 2.72. The maximum absolute atomic E-state index is 13.3. The maximum atomic E-state index is 13.3. The van der Waals surface area contributed by atoms with Crippen LogP contribution in [0.4, 0.5) is 0 Å². The van der Waals surface area contributed by atoms with Crippen molar-refractivity contribution in [3.63, 3.8) is 0 Å². The van der Waals surface area contributed by atoms with E-state index in [2.05, 4.69) is 5.32 Å². The van der Waals surface area contributed by atoms with Gasteiger partial charge in [-0.1, -0.05) is 13.3 Å². The van der Waals surface area contributed by atoms with Crippen LogP contribution in [0.5, 0.6) is 5.75 Å². The van der Waals surface area contributed by atoms with Gasteiger partial charge in [-0.25, -0.2) is 21.1 Å². The van der Waals surface area contributed by atoms with Crippen molar-refractivity contribution in [1.82, 2.24) is 13.9 Å². The Hall–Kier alpha value is -1.69. The van der Waals surface area contributed by atoms with Crippen LogP contribution in [-0.2, 0) is 20.0 Å². The van der Waals surface area contributed by atoms with Gasteiger partial charge in [0.05, 0.1) is 13.4 Å². The van der Waals surface area contributed by atoms with Gasteiger partial charge in [-0.3, -0.25) is 4.79 Å². The van der Waals surface area contributed by atoms with Crippen molar-refractivity contribution in [3.05, 3.63) is 23.8 Å². The highest BCUT2D eigenvalue weighted by molar-refractivity contribution is 7.89. The Morgan fingerprint density at radius 2 is 1.97 bits per heavy atom. The van der Waals surface area contributed by atoms with Crippen LogP contribution in [0.2, 0.25) is 0 Å². The maximum Gasteiger partial charge on any atom is 0.251 e. The molecule has 9 nitrogen and oxygen atoms in total. The summed E-state index contributed by atoms with van der Waals surface area (Å²) in [6, 6.07) is 4.23. The molecule has 1 aromatic carbocycles. The highest BCUT2D eigenvalue weighted by Crippen LogP contribution is 2.31. The Kier molecular flexibility index (Phi) is 8.87. The molecular weight excluding hydrogens is 442 g/mol. The Labute approximate surface area is 185 Å². The van der Waals surface area contributed by atoms with Crippen LogP contribution >= 0.6 is 0 Å². The van der Waals surface area contributed by atoms with Gasteiger partial charge in [0, 0.05) is 37.8 Å². The molecule has 11 heteroatoms. The molecule has 0 saturated carbocycles. The normalized spacial score (nSPS) is 18.2. The third-order valence-corrected chi connectivity index (χ3v) is 8.86.